The maximum atomic E-state index is 12.1. The molecular formula is C15H12BrN3O4. The molecule has 1 aliphatic rings. The van der Waals surface area contributed by atoms with Gasteiger partial charge >= 0.3 is 0 Å². The maximum Gasteiger partial charge on any atom is 0.283 e. The Balaban J connectivity index is 1.57. The number of hydrogen-bond acceptors (Lipinski definition) is 5. The number of hydrazine groups is 1. The minimum absolute atomic E-state index is 0.0666. The monoisotopic (exact) mass is 377 g/mol. The van der Waals surface area contributed by atoms with E-state index >= 15 is 0 Å². The molecule has 2 heterocycles. The normalized spacial score (nSPS) is 15.6. The van der Waals surface area contributed by atoms with Crippen molar-refractivity contribution in [1.82, 2.24) is 15.8 Å². The van der Waals surface area contributed by atoms with Crippen molar-refractivity contribution in [3.8, 4) is 11.5 Å². The zero-order valence-electron chi connectivity index (χ0n) is 11.8. The highest BCUT2D eigenvalue weighted by molar-refractivity contribution is 9.10. The summed E-state index contributed by atoms with van der Waals surface area (Å²) in [6.45, 7) is 0.0666. The lowest BCUT2D eigenvalue weighted by molar-refractivity contribution is -0.131. The average Bonchev–Trinajstić information content (AvgIpc) is 2.59. The maximum absolute atomic E-state index is 12.1. The van der Waals surface area contributed by atoms with E-state index in [-0.39, 0.29) is 6.61 Å². The molecule has 118 valence electrons. The molecule has 0 saturated carbocycles. The molecule has 3 rings (SSSR count). The molecule has 1 atom stereocenters. The molecule has 8 heteroatoms. The molecule has 0 radical (unpaired) electrons. The molecule has 2 amide bonds. The Morgan fingerprint density at radius 3 is 2.74 bits per heavy atom. The number of carbonyl (C=O) groups is 2. The molecule has 23 heavy (non-hydrogen) atoms. The summed E-state index contributed by atoms with van der Waals surface area (Å²) in [4.78, 5) is 27.9. The summed E-state index contributed by atoms with van der Waals surface area (Å²) in [5.74, 6) is 0.0855. The highest BCUT2D eigenvalue weighted by Gasteiger charge is 2.27. The molecule has 1 aromatic heterocycles. The van der Waals surface area contributed by atoms with Crippen LogP contribution < -0.4 is 20.3 Å². The third-order valence-electron chi connectivity index (χ3n) is 3.07. The van der Waals surface area contributed by atoms with Crippen molar-refractivity contribution in [1.29, 1.82) is 0 Å². The van der Waals surface area contributed by atoms with Crippen molar-refractivity contribution in [3.05, 3.63) is 52.8 Å². The lowest BCUT2D eigenvalue weighted by Crippen LogP contribution is -2.50. The van der Waals surface area contributed by atoms with E-state index in [1.54, 1.807) is 30.5 Å². The fraction of sp³-hybridized carbons (Fsp3) is 0.133. The van der Waals surface area contributed by atoms with Crippen LogP contribution >= 0.6 is 15.9 Å². The Morgan fingerprint density at radius 2 is 1.96 bits per heavy atom. The van der Waals surface area contributed by atoms with E-state index in [1.165, 1.54) is 6.20 Å². The number of carbonyl (C=O) groups excluding carboxylic acids is 2. The summed E-state index contributed by atoms with van der Waals surface area (Å²) in [6.07, 6.45) is 2.11. The van der Waals surface area contributed by atoms with E-state index in [4.69, 9.17) is 9.47 Å². The van der Waals surface area contributed by atoms with Gasteiger partial charge < -0.3 is 9.47 Å². The number of fused-ring (bicyclic) bond motifs is 1. The number of hydrogen-bond donors (Lipinski definition) is 2. The van der Waals surface area contributed by atoms with Gasteiger partial charge in [-0.15, -0.1) is 0 Å². The predicted octanol–water partition coefficient (Wildman–Crippen LogP) is 1.45. The molecule has 0 aliphatic carbocycles. The Labute approximate surface area is 140 Å². The zero-order chi connectivity index (χ0) is 16.2. The smallest absolute Gasteiger partial charge is 0.283 e. The number of aromatic nitrogens is 1. The molecule has 0 saturated heterocycles. The topological polar surface area (TPSA) is 89.6 Å². The van der Waals surface area contributed by atoms with Crippen LogP contribution in [-0.4, -0.2) is 29.5 Å². The first kappa shape index (κ1) is 15.3. The van der Waals surface area contributed by atoms with Gasteiger partial charge in [0.05, 0.1) is 5.56 Å². The van der Waals surface area contributed by atoms with Crippen molar-refractivity contribution in [2.24, 2.45) is 0 Å². The highest BCUT2D eigenvalue weighted by Crippen LogP contribution is 2.30. The molecule has 2 aromatic rings. The van der Waals surface area contributed by atoms with Gasteiger partial charge in [0.25, 0.3) is 11.8 Å². The fourth-order valence-electron chi connectivity index (χ4n) is 1.96. The number of halogens is 1. The lowest BCUT2D eigenvalue weighted by atomic mass is 10.2. The largest absolute Gasteiger partial charge is 0.485 e. The van der Waals surface area contributed by atoms with Crippen LogP contribution in [0.25, 0.3) is 0 Å². The van der Waals surface area contributed by atoms with Gasteiger partial charge in [0.2, 0.25) is 6.10 Å². The number of benzene rings is 1. The zero-order valence-corrected chi connectivity index (χ0v) is 13.4. The molecule has 1 aliphatic heterocycles. The van der Waals surface area contributed by atoms with Gasteiger partial charge in [-0.25, -0.2) is 0 Å². The van der Waals surface area contributed by atoms with Gasteiger partial charge in [-0.1, -0.05) is 12.1 Å². The van der Waals surface area contributed by atoms with Gasteiger partial charge in [0.1, 0.15) is 6.61 Å². The minimum atomic E-state index is -0.842. The Bertz CT molecular complexity index is 753. The second kappa shape index (κ2) is 6.66. The number of ether oxygens (including phenoxy) is 2. The molecule has 7 nitrogen and oxygen atoms in total. The Kier molecular flexibility index (Phi) is 4.42. The van der Waals surface area contributed by atoms with Crippen LogP contribution in [0.5, 0.6) is 11.5 Å². The third kappa shape index (κ3) is 3.59. The van der Waals surface area contributed by atoms with Gasteiger partial charge in [0, 0.05) is 16.9 Å². The van der Waals surface area contributed by atoms with Gasteiger partial charge in [-0.2, -0.15) is 0 Å². The van der Waals surface area contributed by atoms with E-state index in [0.29, 0.717) is 21.5 Å². The van der Waals surface area contributed by atoms with Crippen LogP contribution in [-0.2, 0) is 4.79 Å². The van der Waals surface area contributed by atoms with Crippen LogP contribution in [0, 0.1) is 0 Å². The number of nitrogens with zero attached hydrogens (tertiary/aromatic N) is 1. The van der Waals surface area contributed by atoms with Gasteiger partial charge in [0.15, 0.2) is 11.5 Å². The van der Waals surface area contributed by atoms with Crippen molar-refractivity contribution in [3.63, 3.8) is 0 Å². The van der Waals surface area contributed by atoms with Crippen LogP contribution in [0.1, 0.15) is 10.4 Å². The molecule has 1 unspecified atom stereocenters. The molecule has 2 N–H and O–H groups in total. The fourth-order valence-corrected chi connectivity index (χ4v) is 2.32. The van der Waals surface area contributed by atoms with Crippen LogP contribution in [0.4, 0.5) is 0 Å². The van der Waals surface area contributed by atoms with Crippen molar-refractivity contribution >= 4 is 27.7 Å². The van der Waals surface area contributed by atoms with Gasteiger partial charge in [-0.05, 0) is 34.1 Å². The summed E-state index contributed by atoms with van der Waals surface area (Å²) in [6, 6.07) is 8.65. The third-order valence-corrected chi connectivity index (χ3v) is 3.50. The van der Waals surface area contributed by atoms with Crippen molar-refractivity contribution in [2.75, 3.05) is 6.61 Å². The van der Waals surface area contributed by atoms with E-state index in [9.17, 15) is 9.59 Å². The summed E-state index contributed by atoms with van der Waals surface area (Å²) in [7, 11) is 0. The van der Waals surface area contributed by atoms with Crippen molar-refractivity contribution < 1.29 is 19.1 Å². The Hall–Kier alpha value is -2.61. The predicted molar refractivity (Wildman–Crippen MR) is 83.9 cm³/mol. The standard InChI is InChI=1S/C15H12BrN3O4/c16-10-5-9(6-17-7-10)14(20)18-19-15(21)13-8-22-11-3-1-2-4-12(11)23-13/h1-7,13H,8H2,(H,18,20)(H,19,21). The van der Waals surface area contributed by atoms with E-state index in [1.807, 2.05) is 6.07 Å². The first-order valence-electron chi connectivity index (χ1n) is 6.73. The number of rotatable bonds is 2. The first-order valence-corrected chi connectivity index (χ1v) is 7.52. The Morgan fingerprint density at radius 1 is 1.17 bits per heavy atom. The lowest BCUT2D eigenvalue weighted by Gasteiger charge is -2.25. The SMILES string of the molecule is O=C(NNC(=O)C1COc2ccccc2O1)c1cncc(Br)c1. The molecular weight excluding hydrogens is 366 g/mol. The molecule has 0 fully saturated rings. The molecule has 1 aromatic carbocycles. The second-order valence-electron chi connectivity index (χ2n) is 4.70. The van der Waals surface area contributed by atoms with Crippen LogP contribution in [0.2, 0.25) is 0 Å². The second-order valence-corrected chi connectivity index (χ2v) is 5.62. The number of pyridine rings is 1. The van der Waals surface area contributed by atoms with Crippen LogP contribution in [0.3, 0.4) is 0 Å². The summed E-state index contributed by atoms with van der Waals surface area (Å²) >= 11 is 3.22. The number of para-hydroxylation sites is 2. The molecule has 0 bridgehead atoms. The van der Waals surface area contributed by atoms with Crippen molar-refractivity contribution in [2.45, 2.75) is 6.10 Å². The van der Waals surface area contributed by atoms with Crippen LogP contribution in [0.15, 0.2) is 47.2 Å². The number of nitrogens with one attached hydrogen (secondary N) is 2. The molecule has 0 spiro atoms. The van der Waals surface area contributed by atoms with Gasteiger partial charge in [-0.3, -0.25) is 25.4 Å². The minimum Gasteiger partial charge on any atom is -0.485 e. The average molecular weight is 378 g/mol. The van der Waals surface area contributed by atoms with E-state index in [2.05, 4.69) is 31.8 Å². The van der Waals surface area contributed by atoms with E-state index < -0.39 is 17.9 Å². The summed E-state index contributed by atoms with van der Waals surface area (Å²) in [5.41, 5.74) is 4.94. The van der Waals surface area contributed by atoms with E-state index in [0.717, 1.165) is 0 Å². The quantitative estimate of drug-likeness (QED) is 0.773. The highest BCUT2D eigenvalue weighted by atomic mass is 79.9. The number of amides is 2. The summed E-state index contributed by atoms with van der Waals surface area (Å²) < 4.78 is 11.7. The first-order chi connectivity index (χ1) is 11.1. The summed E-state index contributed by atoms with van der Waals surface area (Å²) in [5, 5.41) is 0.